The number of halogens is 2. The van der Waals surface area contributed by atoms with Gasteiger partial charge in [-0.3, -0.25) is 9.69 Å². The summed E-state index contributed by atoms with van der Waals surface area (Å²) in [6.07, 6.45) is 0.711. The van der Waals surface area contributed by atoms with Crippen molar-refractivity contribution in [3.63, 3.8) is 0 Å². The van der Waals surface area contributed by atoms with E-state index in [1.54, 1.807) is 6.92 Å². The van der Waals surface area contributed by atoms with Crippen LogP contribution in [0.15, 0.2) is 42.5 Å². The van der Waals surface area contributed by atoms with Gasteiger partial charge in [-0.15, -0.1) is 10.2 Å². The van der Waals surface area contributed by atoms with Crippen molar-refractivity contribution in [2.45, 2.75) is 39.4 Å². The Morgan fingerprint density at radius 2 is 1.97 bits per heavy atom. The second kappa shape index (κ2) is 10.1. The molecule has 0 spiro atoms. The number of amides is 1. The van der Waals surface area contributed by atoms with Gasteiger partial charge in [0.1, 0.15) is 23.2 Å². The van der Waals surface area contributed by atoms with Gasteiger partial charge in [-0.05, 0) is 38.1 Å². The number of nitrogens with one attached hydrogen (secondary N) is 1. The predicted octanol–water partition coefficient (Wildman–Crippen LogP) is 3.50. The number of rotatable bonds is 7. The fourth-order valence-electron chi connectivity index (χ4n) is 4.05. The number of fused-ring (bicyclic) bond motifs is 1. The van der Waals surface area contributed by atoms with E-state index in [0.717, 1.165) is 55.0 Å². The molecule has 1 amide bonds. The number of carbonyl (C=O) groups is 1. The van der Waals surface area contributed by atoms with Crippen molar-refractivity contribution in [3.8, 4) is 5.75 Å². The Morgan fingerprint density at radius 3 is 2.79 bits per heavy atom. The van der Waals surface area contributed by atoms with E-state index in [-0.39, 0.29) is 5.56 Å². The van der Waals surface area contributed by atoms with Gasteiger partial charge in [-0.1, -0.05) is 18.2 Å². The number of hydrogen-bond acceptors (Lipinski definition) is 5. The van der Waals surface area contributed by atoms with E-state index < -0.39 is 23.6 Å². The summed E-state index contributed by atoms with van der Waals surface area (Å²) in [5.74, 6) is 0.181. The minimum atomic E-state index is -0.774. The van der Waals surface area contributed by atoms with Crippen LogP contribution in [0.1, 0.15) is 47.5 Å². The zero-order valence-electron chi connectivity index (χ0n) is 18.7. The Kier molecular flexibility index (Phi) is 6.98. The lowest BCUT2D eigenvalue weighted by Gasteiger charge is -2.21. The molecule has 7 nitrogen and oxygen atoms in total. The second-order valence-electron chi connectivity index (χ2n) is 8.01. The number of carbonyl (C=O) groups excluding carboxylic acids is 1. The predicted molar refractivity (Wildman–Crippen MR) is 119 cm³/mol. The summed E-state index contributed by atoms with van der Waals surface area (Å²) < 4.78 is 35.2. The van der Waals surface area contributed by atoms with E-state index in [1.807, 2.05) is 29.7 Å². The number of ether oxygens (including phenoxy) is 1. The molecule has 0 saturated heterocycles. The lowest BCUT2D eigenvalue weighted by atomic mass is 10.1. The van der Waals surface area contributed by atoms with Gasteiger partial charge >= 0.3 is 0 Å². The Bertz CT molecular complexity index is 1130. The fraction of sp³-hybridized carbons (Fsp3) is 0.375. The summed E-state index contributed by atoms with van der Waals surface area (Å²) in [5.41, 5.74) is 0.798. The molecular formula is C24H27F2N5O2. The molecule has 0 aliphatic carbocycles. The molecular weight excluding hydrogens is 428 g/mol. The molecule has 1 atom stereocenters. The molecule has 4 rings (SSSR count). The van der Waals surface area contributed by atoms with E-state index in [0.29, 0.717) is 25.4 Å². The third-order valence-electron chi connectivity index (χ3n) is 5.72. The first-order valence-corrected chi connectivity index (χ1v) is 11.1. The average Bonchev–Trinajstić information content (AvgIpc) is 3.11. The molecule has 0 saturated carbocycles. The van der Waals surface area contributed by atoms with E-state index >= 15 is 0 Å². The summed E-state index contributed by atoms with van der Waals surface area (Å²) in [6.45, 7) is 7.35. The van der Waals surface area contributed by atoms with E-state index in [2.05, 4.69) is 26.5 Å². The zero-order valence-corrected chi connectivity index (χ0v) is 18.7. The van der Waals surface area contributed by atoms with Crippen molar-refractivity contribution >= 4 is 5.91 Å². The van der Waals surface area contributed by atoms with Crippen LogP contribution in [0.25, 0.3) is 0 Å². The molecule has 2 aromatic carbocycles. The van der Waals surface area contributed by atoms with Crippen LogP contribution in [0.2, 0.25) is 0 Å². The van der Waals surface area contributed by atoms with Crippen LogP contribution in [-0.4, -0.2) is 45.3 Å². The summed E-state index contributed by atoms with van der Waals surface area (Å²) in [7, 11) is 0. The Labute approximate surface area is 191 Å². The molecule has 33 heavy (non-hydrogen) atoms. The minimum absolute atomic E-state index is 0.336. The van der Waals surface area contributed by atoms with Crippen molar-refractivity contribution in [2.75, 3.05) is 19.7 Å². The van der Waals surface area contributed by atoms with E-state index in [9.17, 15) is 13.6 Å². The summed E-state index contributed by atoms with van der Waals surface area (Å²) in [6, 6.07) is 10.3. The van der Waals surface area contributed by atoms with E-state index in [1.165, 1.54) is 0 Å². The van der Waals surface area contributed by atoms with Crippen LogP contribution in [0, 0.1) is 11.6 Å². The van der Waals surface area contributed by atoms with Crippen LogP contribution in [0.5, 0.6) is 5.75 Å². The largest absolute Gasteiger partial charge is 0.494 e. The normalized spacial score (nSPS) is 14.9. The molecule has 2 heterocycles. The number of nitrogens with zero attached hydrogens (tertiary/aromatic N) is 4. The van der Waals surface area contributed by atoms with Crippen LogP contribution < -0.4 is 10.1 Å². The minimum Gasteiger partial charge on any atom is -0.494 e. The van der Waals surface area contributed by atoms with Crippen molar-refractivity contribution < 1.29 is 18.3 Å². The van der Waals surface area contributed by atoms with Crippen molar-refractivity contribution in [2.24, 2.45) is 0 Å². The molecule has 0 unspecified atom stereocenters. The molecule has 0 fully saturated rings. The summed E-state index contributed by atoms with van der Waals surface area (Å²) >= 11 is 0. The lowest BCUT2D eigenvalue weighted by Crippen LogP contribution is -2.30. The topological polar surface area (TPSA) is 72.3 Å². The maximum Gasteiger partial charge on any atom is 0.254 e. The van der Waals surface area contributed by atoms with Crippen LogP contribution in [0.4, 0.5) is 8.78 Å². The molecule has 1 aliphatic heterocycles. The SMILES string of the molecule is CCOc1ccccc1CN1CCc2nnc([C@@H](C)NC(=O)c3cc(F)ccc3F)n2CC1. The molecule has 0 bridgehead atoms. The highest BCUT2D eigenvalue weighted by atomic mass is 19.1. The molecule has 0 radical (unpaired) electrons. The number of hydrogen-bond donors (Lipinski definition) is 1. The fourth-order valence-corrected chi connectivity index (χ4v) is 4.05. The van der Waals surface area contributed by atoms with Crippen molar-refractivity contribution in [1.29, 1.82) is 0 Å². The van der Waals surface area contributed by atoms with Gasteiger partial charge in [-0.25, -0.2) is 8.78 Å². The van der Waals surface area contributed by atoms with Gasteiger partial charge < -0.3 is 14.6 Å². The third-order valence-corrected chi connectivity index (χ3v) is 5.72. The summed E-state index contributed by atoms with van der Waals surface area (Å²) in [5, 5.41) is 11.3. The maximum absolute atomic E-state index is 14.0. The average molecular weight is 456 g/mol. The molecule has 1 aliphatic rings. The molecule has 1 N–H and O–H groups in total. The van der Waals surface area contributed by atoms with Crippen molar-refractivity contribution in [3.05, 3.63) is 76.9 Å². The molecule has 3 aromatic rings. The van der Waals surface area contributed by atoms with Gasteiger partial charge in [-0.2, -0.15) is 0 Å². The quantitative estimate of drug-likeness (QED) is 0.590. The van der Waals surface area contributed by atoms with E-state index in [4.69, 9.17) is 4.74 Å². The second-order valence-corrected chi connectivity index (χ2v) is 8.01. The van der Waals surface area contributed by atoms with Gasteiger partial charge in [0.2, 0.25) is 0 Å². The summed E-state index contributed by atoms with van der Waals surface area (Å²) in [4.78, 5) is 14.8. The lowest BCUT2D eigenvalue weighted by molar-refractivity contribution is 0.0933. The molecule has 1 aromatic heterocycles. The molecule has 174 valence electrons. The van der Waals surface area contributed by atoms with Gasteiger partial charge in [0.25, 0.3) is 5.91 Å². The van der Waals surface area contributed by atoms with Crippen LogP contribution >= 0.6 is 0 Å². The third kappa shape index (κ3) is 5.19. The number of benzene rings is 2. The molecule has 9 heteroatoms. The monoisotopic (exact) mass is 455 g/mol. The van der Waals surface area contributed by atoms with Crippen molar-refractivity contribution in [1.82, 2.24) is 25.0 Å². The van der Waals surface area contributed by atoms with Gasteiger partial charge in [0.05, 0.1) is 18.2 Å². The van der Waals surface area contributed by atoms with Gasteiger partial charge in [0, 0.05) is 38.2 Å². The smallest absolute Gasteiger partial charge is 0.254 e. The maximum atomic E-state index is 14.0. The Balaban J connectivity index is 1.44. The standard InChI is InChI=1S/C24H27F2N5O2/c1-3-33-21-7-5-4-6-17(21)15-30-11-10-22-28-29-23(31(22)13-12-30)16(2)27-24(32)19-14-18(25)8-9-20(19)26/h4-9,14,16H,3,10-13,15H2,1-2H3,(H,27,32)/t16-/m1/s1. The van der Waals surface area contributed by atoms with Gasteiger partial charge in [0.15, 0.2) is 5.82 Å². The highest BCUT2D eigenvalue weighted by molar-refractivity contribution is 5.94. The Morgan fingerprint density at radius 1 is 1.15 bits per heavy atom. The highest BCUT2D eigenvalue weighted by Crippen LogP contribution is 2.22. The number of aromatic nitrogens is 3. The first-order valence-electron chi connectivity index (χ1n) is 11.1. The first-order chi connectivity index (χ1) is 16.0. The first kappa shape index (κ1) is 22.8. The highest BCUT2D eigenvalue weighted by Gasteiger charge is 2.24. The number of para-hydroxylation sites is 1. The van der Waals surface area contributed by atoms with Crippen LogP contribution in [-0.2, 0) is 19.5 Å². The van der Waals surface area contributed by atoms with Crippen LogP contribution in [0.3, 0.4) is 0 Å². The Hall–Kier alpha value is -3.33. The zero-order chi connectivity index (χ0) is 23.4.